The Hall–Kier alpha value is -1.30. The van der Waals surface area contributed by atoms with Crippen LogP contribution in [-0.2, 0) is 4.79 Å². The standard InChI is InChI=1S/C19H35N3O3/c1-13(20-18(25)21-19(2,3)4)15-8-6-10-22(12-15)17(24)14-7-5-9-16(23)11-14/h13-16,23H,5-12H2,1-4H3,(H2,20,21,25). The summed E-state index contributed by atoms with van der Waals surface area (Å²) in [4.78, 5) is 26.8. The van der Waals surface area contributed by atoms with E-state index in [0.29, 0.717) is 13.0 Å². The molecular formula is C19H35N3O3. The van der Waals surface area contributed by atoms with Gasteiger partial charge in [-0.25, -0.2) is 4.79 Å². The lowest BCUT2D eigenvalue weighted by atomic mass is 9.85. The highest BCUT2D eigenvalue weighted by Crippen LogP contribution is 2.28. The molecule has 1 aliphatic carbocycles. The number of aliphatic hydroxyl groups excluding tert-OH is 1. The number of nitrogens with zero attached hydrogens (tertiary/aromatic N) is 1. The minimum absolute atomic E-state index is 0.0231. The zero-order valence-corrected chi connectivity index (χ0v) is 16.2. The Kier molecular flexibility index (Phi) is 6.72. The molecule has 4 atom stereocenters. The van der Waals surface area contributed by atoms with Gasteiger partial charge in [0.15, 0.2) is 0 Å². The molecule has 0 aromatic rings. The molecule has 144 valence electrons. The molecular weight excluding hydrogens is 318 g/mol. The average molecular weight is 354 g/mol. The maximum atomic E-state index is 12.8. The van der Waals surface area contributed by atoms with Crippen molar-refractivity contribution in [1.82, 2.24) is 15.5 Å². The molecule has 1 aliphatic heterocycles. The van der Waals surface area contributed by atoms with Crippen molar-refractivity contribution in [3.63, 3.8) is 0 Å². The zero-order valence-electron chi connectivity index (χ0n) is 16.2. The monoisotopic (exact) mass is 353 g/mol. The number of urea groups is 1. The van der Waals surface area contributed by atoms with Crippen molar-refractivity contribution in [2.45, 2.75) is 83.9 Å². The fraction of sp³-hybridized carbons (Fsp3) is 0.895. The van der Waals surface area contributed by atoms with Crippen LogP contribution in [0.3, 0.4) is 0 Å². The lowest BCUT2D eigenvalue weighted by molar-refractivity contribution is -0.139. The number of hydrogen-bond donors (Lipinski definition) is 3. The molecule has 1 saturated carbocycles. The van der Waals surface area contributed by atoms with Crippen molar-refractivity contribution in [3.05, 3.63) is 0 Å². The number of nitrogens with one attached hydrogen (secondary N) is 2. The number of carbonyl (C=O) groups excluding carboxylic acids is 2. The van der Waals surface area contributed by atoms with Gasteiger partial charge in [-0.2, -0.15) is 0 Å². The Labute approximate surface area is 151 Å². The predicted molar refractivity (Wildman–Crippen MR) is 98.2 cm³/mol. The van der Waals surface area contributed by atoms with Crippen molar-refractivity contribution in [2.24, 2.45) is 11.8 Å². The van der Waals surface area contributed by atoms with Crippen LogP contribution >= 0.6 is 0 Å². The molecule has 0 aromatic carbocycles. The van der Waals surface area contributed by atoms with Gasteiger partial charge in [-0.1, -0.05) is 6.42 Å². The third kappa shape index (κ3) is 6.17. The normalized spacial score (nSPS) is 29.0. The van der Waals surface area contributed by atoms with E-state index in [0.717, 1.165) is 38.6 Å². The maximum Gasteiger partial charge on any atom is 0.315 e. The average Bonchev–Trinajstić information content (AvgIpc) is 2.52. The summed E-state index contributed by atoms with van der Waals surface area (Å²) in [5.74, 6) is 0.432. The number of piperidine rings is 1. The maximum absolute atomic E-state index is 12.8. The van der Waals surface area contributed by atoms with Crippen LogP contribution in [0.2, 0.25) is 0 Å². The molecule has 1 heterocycles. The first-order chi connectivity index (χ1) is 11.7. The number of amides is 3. The minimum Gasteiger partial charge on any atom is -0.393 e. The molecule has 2 aliphatic rings. The van der Waals surface area contributed by atoms with Crippen LogP contribution in [0, 0.1) is 11.8 Å². The van der Waals surface area contributed by atoms with Crippen LogP contribution in [0.4, 0.5) is 4.79 Å². The fourth-order valence-corrected chi connectivity index (χ4v) is 3.97. The second-order valence-electron chi connectivity index (χ2n) is 8.84. The summed E-state index contributed by atoms with van der Waals surface area (Å²) < 4.78 is 0. The van der Waals surface area contributed by atoms with Crippen molar-refractivity contribution >= 4 is 11.9 Å². The van der Waals surface area contributed by atoms with Gasteiger partial charge in [0.2, 0.25) is 5.91 Å². The van der Waals surface area contributed by atoms with E-state index in [1.54, 1.807) is 0 Å². The van der Waals surface area contributed by atoms with Crippen LogP contribution in [0.15, 0.2) is 0 Å². The van der Waals surface area contributed by atoms with Gasteiger partial charge in [-0.15, -0.1) is 0 Å². The fourth-order valence-electron chi connectivity index (χ4n) is 3.97. The van der Waals surface area contributed by atoms with E-state index in [-0.39, 0.29) is 41.5 Å². The SMILES string of the molecule is CC(NC(=O)NC(C)(C)C)C1CCCN(C(=O)C2CCCC(O)C2)C1. The summed E-state index contributed by atoms with van der Waals surface area (Å²) >= 11 is 0. The van der Waals surface area contributed by atoms with Gasteiger partial charge in [-0.3, -0.25) is 4.79 Å². The summed E-state index contributed by atoms with van der Waals surface area (Å²) in [7, 11) is 0. The second-order valence-corrected chi connectivity index (χ2v) is 8.84. The number of hydrogen-bond acceptors (Lipinski definition) is 3. The predicted octanol–water partition coefficient (Wildman–Crippen LogP) is 2.26. The van der Waals surface area contributed by atoms with Gasteiger partial charge in [0, 0.05) is 30.6 Å². The van der Waals surface area contributed by atoms with E-state index >= 15 is 0 Å². The third-order valence-electron chi connectivity index (χ3n) is 5.32. The Morgan fingerprint density at radius 1 is 1.16 bits per heavy atom. The molecule has 1 saturated heterocycles. The summed E-state index contributed by atoms with van der Waals surface area (Å²) in [5, 5.41) is 15.8. The van der Waals surface area contributed by atoms with Crippen molar-refractivity contribution < 1.29 is 14.7 Å². The van der Waals surface area contributed by atoms with Gasteiger partial charge in [0.25, 0.3) is 0 Å². The Balaban J connectivity index is 1.87. The molecule has 2 fully saturated rings. The van der Waals surface area contributed by atoms with Crippen molar-refractivity contribution in [2.75, 3.05) is 13.1 Å². The molecule has 3 N–H and O–H groups in total. The molecule has 25 heavy (non-hydrogen) atoms. The molecule has 6 heteroatoms. The first kappa shape index (κ1) is 20.0. The van der Waals surface area contributed by atoms with Crippen molar-refractivity contribution in [1.29, 1.82) is 0 Å². The van der Waals surface area contributed by atoms with E-state index in [1.165, 1.54) is 0 Å². The molecule has 6 nitrogen and oxygen atoms in total. The number of aliphatic hydroxyl groups is 1. The number of rotatable bonds is 3. The van der Waals surface area contributed by atoms with Gasteiger partial charge >= 0.3 is 6.03 Å². The van der Waals surface area contributed by atoms with Crippen LogP contribution in [0.25, 0.3) is 0 Å². The summed E-state index contributed by atoms with van der Waals surface area (Å²) in [5.41, 5.74) is -0.264. The van der Waals surface area contributed by atoms with Crippen molar-refractivity contribution in [3.8, 4) is 0 Å². The quantitative estimate of drug-likeness (QED) is 0.728. The lowest BCUT2D eigenvalue weighted by Gasteiger charge is -2.39. The molecule has 0 bridgehead atoms. The Morgan fingerprint density at radius 3 is 2.52 bits per heavy atom. The van der Waals surface area contributed by atoms with E-state index in [2.05, 4.69) is 10.6 Å². The summed E-state index contributed by atoms with van der Waals surface area (Å²) in [6.07, 6.45) is 4.90. The molecule has 4 unspecified atom stereocenters. The smallest absolute Gasteiger partial charge is 0.315 e. The number of carbonyl (C=O) groups is 2. The van der Waals surface area contributed by atoms with E-state index in [9.17, 15) is 14.7 Å². The molecule has 0 aromatic heterocycles. The highest BCUT2D eigenvalue weighted by atomic mass is 16.3. The molecule has 0 spiro atoms. The van der Waals surface area contributed by atoms with Gasteiger partial charge in [0.05, 0.1) is 6.10 Å². The molecule has 0 radical (unpaired) electrons. The third-order valence-corrected chi connectivity index (χ3v) is 5.32. The lowest BCUT2D eigenvalue weighted by Crippen LogP contribution is -2.53. The Bertz CT molecular complexity index is 475. The molecule has 3 amide bonds. The summed E-state index contributed by atoms with van der Waals surface area (Å²) in [6, 6.07) is -0.131. The first-order valence-electron chi connectivity index (χ1n) is 9.71. The largest absolute Gasteiger partial charge is 0.393 e. The van der Waals surface area contributed by atoms with Gasteiger partial charge in [0.1, 0.15) is 0 Å². The Morgan fingerprint density at radius 2 is 1.88 bits per heavy atom. The van der Waals surface area contributed by atoms with Gasteiger partial charge < -0.3 is 20.6 Å². The first-order valence-corrected chi connectivity index (χ1v) is 9.71. The summed E-state index contributed by atoms with van der Waals surface area (Å²) in [6.45, 7) is 9.38. The second kappa shape index (κ2) is 8.39. The minimum atomic E-state index is -0.329. The van der Waals surface area contributed by atoms with E-state index in [4.69, 9.17) is 0 Å². The number of likely N-dealkylation sites (tertiary alicyclic amines) is 1. The van der Waals surface area contributed by atoms with Crippen LogP contribution in [0.5, 0.6) is 0 Å². The van der Waals surface area contributed by atoms with Crippen LogP contribution in [-0.4, -0.2) is 52.7 Å². The highest BCUT2D eigenvalue weighted by Gasteiger charge is 2.33. The topological polar surface area (TPSA) is 81.7 Å². The van der Waals surface area contributed by atoms with Crippen LogP contribution in [0.1, 0.15) is 66.2 Å². The van der Waals surface area contributed by atoms with E-state index < -0.39 is 0 Å². The molecule has 2 rings (SSSR count). The highest BCUT2D eigenvalue weighted by molar-refractivity contribution is 5.79. The van der Waals surface area contributed by atoms with E-state index in [1.807, 2.05) is 32.6 Å². The zero-order chi connectivity index (χ0) is 18.6. The van der Waals surface area contributed by atoms with Gasteiger partial charge in [-0.05, 0) is 65.7 Å². The van der Waals surface area contributed by atoms with Crippen LogP contribution < -0.4 is 10.6 Å².